The number of anilines is 1. The maximum absolute atomic E-state index is 13.6. The molecule has 2 aromatic rings. The second-order valence-electron chi connectivity index (χ2n) is 5.79. The smallest absolute Gasteiger partial charge is 0.125 e. The first-order valence-electron chi connectivity index (χ1n) is 7.38. The van der Waals surface area contributed by atoms with Crippen LogP contribution in [-0.4, -0.2) is 22.6 Å². The Hall–Kier alpha value is -1.88. The number of halogens is 1. The standard InChI is InChI=1S/C16H21FN4/c1-11(2)21-10-19-9-16(21)15(8-18)20-6-5-12-3-4-13(17)7-14(12)20/h3-4,7,9-11,15H,5-6,8,18H2,1-2H3. The molecule has 1 aromatic carbocycles. The SMILES string of the molecule is CC(C)n1cncc1C(CN)N1CCc2ccc(F)cc21. The molecule has 21 heavy (non-hydrogen) atoms. The lowest BCUT2D eigenvalue weighted by atomic mass is 10.1. The molecule has 4 nitrogen and oxygen atoms in total. The first-order chi connectivity index (χ1) is 10.1. The Labute approximate surface area is 124 Å². The lowest BCUT2D eigenvalue weighted by molar-refractivity contribution is 0.526. The Balaban J connectivity index is 1.99. The van der Waals surface area contributed by atoms with Gasteiger partial charge in [0.1, 0.15) is 5.82 Å². The molecule has 2 heterocycles. The summed E-state index contributed by atoms with van der Waals surface area (Å²) in [6.07, 6.45) is 4.64. The highest BCUT2D eigenvalue weighted by molar-refractivity contribution is 5.59. The summed E-state index contributed by atoms with van der Waals surface area (Å²) < 4.78 is 15.7. The third-order valence-electron chi connectivity index (χ3n) is 4.17. The highest BCUT2D eigenvalue weighted by Crippen LogP contribution is 2.35. The minimum absolute atomic E-state index is 0.0259. The van der Waals surface area contributed by atoms with Gasteiger partial charge in [0, 0.05) is 24.8 Å². The Kier molecular flexibility index (Phi) is 3.68. The molecular weight excluding hydrogens is 267 g/mol. The lowest BCUT2D eigenvalue weighted by Crippen LogP contribution is -2.34. The van der Waals surface area contributed by atoms with E-state index in [4.69, 9.17) is 5.73 Å². The molecule has 0 aliphatic carbocycles. The van der Waals surface area contributed by atoms with Gasteiger partial charge in [-0.3, -0.25) is 0 Å². The number of imidazole rings is 1. The predicted molar refractivity (Wildman–Crippen MR) is 81.9 cm³/mol. The molecule has 0 bridgehead atoms. The average Bonchev–Trinajstić information content (AvgIpc) is 3.07. The minimum Gasteiger partial charge on any atom is -0.361 e. The Bertz CT molecular complexity index is 635. The van der Waals surface area contributed by atoms with Gasteiger partial charge < -0.3 is 15.2 Å². The van der Waals surface area contributed by atoms with Crippen LogP contribution in [0.25, 0.3) is 0 Å². The van der Waals surface area contributed by atoms with Crippen molar-refractivity contribution in [1.82, 2.24) is 9.55 Å². The van der Waals surface area contributed by atoms with E-state index in [1.807, 2.05) is 18.6 Å². The second-order valence-corrected chi connectivity index (χ2v) is 5.79. The van der Waals surface area contributed by atoms with Gasteiger partial charge in [0.15, 0.2) is 0 Å². The molecule has 5 heteroatoms. The average molecular weight is 288 g/mol. The molecule has 1 aliphatic rings. The molecule has 1 aliphatic heterocycles. The van der Waals surface area contributed by atoms with Gasteiger partial charge in [0.05, 0.1) is 24.3 Å². The van der Waals surface area contributed by atoms with Crippen LogP contribution in [-0.2, 0) is 6.42 Å². The number of fused-ring (bicyclic) bond motifs is 1. The van der Waals surface area contributed by atoms with E-state index in [9.17, 15) is 4.39 Å². The fourth-order valence-electron chi connectivity index (χ4n) is 3.11. The molecule has 0 radical (unpaired) electrons. The zero-order valence-electron chi connectivity index (χ0n) is 12.5. The van der Waals surface area contributed by atoms with Gasteiger partial charge in [0.25, 0.3) is 0 Å². The van der Waals surface area contributed by atoms with E-state index >= 15 is 0 Å². The van der Waals surface area contributed by atoms with Gasteiger partial charge in [0.2, 0.25) is 0 Å². The van der Waals surface area contributed by atoms with Crippen LogP contribution < -0.4 is 10.6 Å². The van der Waals surface area contributed by atoms with E-state index in [2.05, 4.69) is 28.3 Å². The fraction of sp³-hybridized carbons (Fsp3) is 0.438. The molecule has 1 aromatic heterocycles. The third-order valence-corrected chi connectivity index (χ3v) is 4.17. The molecule has 112 valence electrons. The molecule has 0 amide bonds. The molecule has 0 spiro atoms. The van der Waals surface area contributed by atoms with E-state index in [0.717, 1.165) is 24.3 Å². The molecule has 1 unspecified atom stereocenters. The van der Waals surface area contributed by atoms with Crippen LogP contribution in [0.4, 0.5) is 10.1 Å². The highest BCUT2D eigenvalue weighted by Gasteiger charge is 2.29. The lowest BCUT2D eigenvalue weighted by Gasteiger charge is -2.30. The highest BCUT2D eigenvalue weighted by atomic mass is 19.1. The number of hydrogen-bond acceptors (Lipinski definition) is 3. The van der Waals surface area contributed by atoms with Crippen molar-refractivity contribution >= 4 is 5.69 Å². The summed E-state index contributed by atoms with van der Waals surface area (Å²) in [5, 5.41) is 0. The van der Waals surface area contributed by atoms with Crippen molar-refractivity contribution in [1.29, 1.82) is 0 Å². The molecule has 3 rings (SSSR count). The maximum atomic E-state index is 13.6. The second kappa shape index (κ2) is 5.48. The fourth-order valence-corrected chi connectivity index (χ4v) is 3.11. The number of benzene rings is 1. The summed E-state index contributed by atoms with van der Waals surface area (Å²) in [4.78, 5) is 6.47. The van der Waals surface area contributed by atoms with Crippen LogP contribution in [0.2, 0.25) is 0 Å². The summed E-state index contributed by atoms with van der Waals surface area (Å²) in [7, 11) is 0. The van der Waals surface area contributed by atoms with E-state index in [-0.39, 0.29) is 11.9 Å². The van der Waals surface area contributed by atoms with E-state index in [1.54, 1.807) is 6.07 Å². The van der Waals surface area contributed by atoms with Crippen molar-refractivity contribution in [3.63, 3.8) is 0 Å². The van der Waals surface area contributed by atoms with Crippen molar-refractivity contribution in [3.8, 4) is 0 Å². The summed E-state index contributed by atoms with van der Waals surface area (Å²) in [5.41, 5.74) is 9.26. The van der Waals surface area contributed by atoms with Gasteiger partial charge in [-0.2, -0.15) is 0 Å². The number of rotatable bonds is 4. The first kappa shape index (κ1) is 14.1. The monoisotopic (exact) mass is 288 g/mol. The predicted octanol–water partition coefficient (Wildman–Crippen LogP) is 2.67. The molecular formula is C16H21FN4. The molecule has 0 fully saturated rings. The van der Waals surface area contributed by atoms with Crippen molar-refractivity contribution in [2.45, 2.75) is 32.4 Å². The van der Waals surface area contributed by atoms with Crippen molar-refractivity contribution < 1.29 is 4.39 Å². The molecule has 0 saturated heterocycles. The molecule has 0 saturated carbocycles. The summed E-state index contributed by atoms with van der Waals surface area (Å²) in [6, 6.07) is 5.36. The van der Waals surface area contributed by atoms with Crippen molar-refractivity contribution in [2.75, 3.05) is 18.0 Å². The minimum atomic E-state index is -0.200. The topological polar surface area (TPSA) is 47.1 Å². The summed E-state index contributed by atoms with van der Waals surface area (Å²) in [5.74, 6) is -0.200. The van der Waals surface area contributed by atoms with E-state index < -0.39 is 0 Å². The Morgan fingerprint density at radius 3 is 2.90 bits per heavy atom. The van der Waals surface area contributed by atoms with E-state index in [1.165, 1.54) is 11.6 Å². The van der Waals surface area contributed by atoms with Gasteiger partial charge >= 0.3 is 0 Å². The third kappa shape index (κ3) is 2.42. The zero-order valence-corrected chi connectivity index (χ0v) is 12.5. The zero-order chi connectivity index (χ0) is 15.0. The van der Waals surface area contributed by atoms with Crippen LogP contribution in [0.15, 0.2) is 30.7 Å². The van der Waals surface area contributed by atoms with Gasteiger partial charge in [-0.05, 0) is 38.0 Å². The van der Waals surface area contributed by atoms with E-state index in [0.29, 0.717) is 12.6 Å². The van der Waals surface area contributed by atoms with Gasteiger partial charge in [-0.1, -0.05) is 6.07 Å². The van der Waals surface area contributed by atoms with Crippen molar-refractivity contribution in [2.24, 2.45) is 5.73 Å². The molecule has 1 atom stereocenters. The Morgan fingerprint density at radius 1 is 1.38 bits per heavy atom. The molecule has 2 N–H and O–H groups in total. The number of hydrogen-bond donors (Lipinski definition) is 1. The van der Waals surface area contributed by atoms with Gasteiger partial charge in [-0.15, -0.1) is 0 Å². The van der Waals surface area contributed by atoms with Gasteiger partial charge in [-0.25, -0.2) is 9.37 Å². The number of nitrogens with two attached hydrogens (primary N) is 1. The van der Waals surface area contributed by atoms with Crippen LogP contribution in [0.5, 0.6) is 0 Å². The number of aromatic nitrogens is 2. The maximum Gasteiger partial charge on any atom is 0.125 e. The van der Waals surface area contributed by atoms with Crippen LogP contribution >= 0.6 is 0 Å². The largest absolute Gasteiger partial charge is 0.361 e. The van der Waals surface area contributed by atoms with Crippen LogP contribution in [0.1, 0.15) is 37.2 Å². The summed E-state index contributed by atoms with van der Waals surface area (Å²) in [6.45, 7) is 5.59. The Morgan fingerprint density at radius 2 is 2.19 bits per heavy atom. The van der Waals surface area contributed by atoms with Crippen LogP contribution in [0, 0.1) is 5.82 Å². The first-order valence-corrected chi connectivity index (χ1v) is 7.38. The van der Waals surface area contributed by atoms with Crippen LogP contribution in [0.3, 0.4) is 0 Å². The summed E-state index contributed by atoms with van der Waals surface area (Å²) >= 11 is 0. The van der Waals surface area contributed by atoms with Crippen molar-refractivity contribution in [3.05, 3.63) is 47.8 Å². The number of nitrogens with zero attached hydrogens (tertiary/aromatic N) is 3. The quantitative estimate of drug-likeness (QED) is 0.941. The normalized spacial score (nSPS) is 15.6.